The molecule has 0 saturated heterocycles. The molecule has 84 valence electrons. The molecule has 0 aliphatic heterocycles. The van der Waals surface area contributed by atoms with E-state index in [0.29, 0.717) is 0 Å². The van der Waals surface area contributed by atoms with Crippen LogP contribution in [0.1, 0.15) is 23.6 Å². The van der Waals surface area contributed by atoms with E-state index in [0.717, 1.165) is 25.3 Å². The lowest BCUT2D eigenvalue weighted by molar-refractivity contribution is 0.414. The molecule has 0 aromatic heterocycles. The Labute approximate surface area is 92.6 Å². The first-order valence-electron chi connectivity index (χ1n) is 5.53. The van der Waals surface area contributed by atoms with Gasteiger partial charge in [0.1, 0.15) is 5.75 Å². The first kappa shape index (κ1) is 12.1. The highest BCUT2D eigenvalue weighted by atomic mass is 16.5. The quantitative estimate of drug-likeness (QED) is 0.749. The highest BCUT2D eigenvalue weighted by molar-refractivity contribution is 5.41. The van der Waals surface area contributed by atoms with Crippen LogP contribution in [-0.2, 0) is 6.42 Å². The molecule has 0 aliphatic carbocycles. The number of nitrogens with one attached hydrogen (secondary N) is 1. The molecule has 1 aromatic carbocycles. The van der Waals surface area contributed by atoms with E-state index < -0.39 is 0 Å². The summed E-state index contributed by atoms with van der Waals surface area (Å²) in [5.74, 6) is 0.956. The summed E-state index contributed by atoms with van der Waals surface area (Å²) in [4.78, 5) is 0. The zero-order valence-electron chi connectivity index (χ0n) is 10.2. The van der Waals surface area contributed by atoms with Crippen LogP contribution in [0, 0.1) is 13.8 Å². The van der Waals surface area contributed by atoms with Gasteiger partial charge in [0.2, 0.25) is 0 Å². The van der Waals surface area contributed by atoms with Crippen LogP contribution in [0.3, 0.4) is 0 Å². The Bertz CT molecular complexity index is 297. The third-order valence-electron chi connectivity index (χ3n) is 2.71. The molecule has 0 bridgehead atoms. The summed E-state index contributed by atoms with van der Waals surface area (Å²) >= 11 is 0. The predicted octanol–water partition coefficient (Wildman–Crippen LogP) is 2.46. The number of benzene rings is 1. The second-order valence-corrected chi connectivity index (χ2v) is 3.84. The molecule has 1 N–H and O–H groups in total. The maximum Gasteiger partial charge on any atom is 0.119 e. The molecule has 0 unspecified atom stereocenters. The normalized spacial score (nSPS) is 10.4. The third kappa shape index (κ3) is 3.24. The summed E-state index contributed by atoms with van der Waals surface area (Å²) in [7, 11) is 1.71. The van der Waals surface area contributed by atoms with Crippen LogP contribution in [0.25, 0.3) is 0 Å². The number of hydrogen-bond acceptors (Lipinski definition) is 2. The molecule has 0 atom stereocenters. The Morgan fingerprint density at radius 3 is 2.27 bits per heavy atom. The summed E-state index contributed by atoms with van der Waals surface area (Å²) < 4.78 is 5.24. The van der Waals surface area contributed by atoms with Gasteiger partial charge in [0, 0.05) is 0 Å². The topological polar surface area (TPSA) is 21.3 Å². The molecule has 0 heterocycles. The number of ether oxygens (including phenoxy) is 1. The van der Waals surface area contributed by atoms with Gasteiger partial charge < -0.3 is 10.1 Å². The van der Waals surface area contributed by atoms with Crippen molar-refractivity contribution in [2.75, 3.05) is 20.2 Å². The number of likely N-dealkylation sites (N-methyl/N-ethyl adjacent to an activating group) is 1. The first-order valence-corrected chi connectivity index (χ1v) is 5.53. The molecule has 15 heavy (non-hydrogen) atoms. The van der Waals surface area contributed by atoms with E-state index in [1.54, 1.807) is 7.11 Å². The fourth-order valence-electron chi connectivity index (χ4n) is 1.86. The summed E-state index contributed by atoms with van der Waals surface area (Å²) in [5, 5.41) is 3.35. The lowest BCUT2D eigenvalue weighted by atomic mass is 9.99. The van der Waals surface area contributed by atoms with Crippen molar-refractivity contribution in [2.45, 2.75) is 27.2 Å². The number of aryl methyl sites for hydroxylation is 2. The molecule has 2 heteroatoms. The maximum atomic E-state index is 5.24. The SMILES string of the molecule is CCNCCc1c(C)cc(OC)cc1C. The van der Waals surface area contributed by atoms with Gasteiger partial charge in [0.25, 0.3) is 0 Å². The Hall–Kier alpha value is -1.02. The third-order valence-corrected chi connectivity index (χ3v) is 2.71. The van der Waals surface area contributed by atoms with Gasteiger partial charge in [-0.15, -0.1) is 0 Å². The van der Waals surface area contributed by atoms with E-state index in [9.17, 15) is 0 Å². The summed E-state index contributed by atoms with van der Waals surface area (Å²) in [5.41, 5.74) is 4.09. The van der Waals surface area contributed by atoms with Gasteiger partial charge in [-0.05, 0) is 62.2 Å². The van der Waals surface area contributed by atoms with Gasteiger partial charge in [-0.25, -0.2) is 0 Å². The zero-order chi connectivity index (χ0) is 11.3. The Kier molecular flexibility index (Phi) is 4.63. The Morgan fingerprint density at radius 1 is 1.20 bits per heavy atom. The molecule has 0 radical (unpaired) electrons. The minimum Gasteiger partial charge on any atom is -0.497 e. The van der Waals surface area contributed by atoms with Crippen molar-refractivity contribution in [1.29, 1.82) is 0 Å². The van der Waals surface area contributed by atoms with Crippen molar-refractivity contribution < 1.29 is 4.74 Å². The molecule has 2 nitrogen and oxygen atoms in total. The van der Waals surface area contributed by atoms with Crippen LogP contribution in [-0.4, -0.2) is 20.2 Å². The van der Waals surface area contributed by atoms with Crippen molar-refractivity contribution in [2.24, 2.45) is 0 Å². The van der Waals surface area contributed by atoms with Crippen molar-refractivity contribution in [3.63, 3.8) is 0 Å². The van der Waals surface area contributed by atoms with Crippen LogP contribution in [0.2, 0.25) is 0 Å². The van der Waals surface area contributed by atoms with Gasteiger partial charge >= 0.3 is 0 Å². The van der Waals surface area contributed by atoms with Crippen molar-refractivity contribution in [3.8, 4) is 5.75 Å². The molecule has 1 aromatic rings. The second kappa shape index (κ2) is 5.76. The molecule has 0 amide bonds. The fraction of sp³-hybridized carbons (Fsp3) is 0.538. The van der Waals surface area contributed by atoms with Crippen LogP contribution in [0.5, 0.6) is 5.75 Å². The van der Waals surface area contributed by atoms with Crippen LogP contribution in [0.4, 0.5) is 0 Å². The Balaban J connectivity index is 2.79. The van der Waals surface area contributed by atoms with Gasteiger partial charge in [-0.1, -0.05) is 6.92 Å². The standard InChI is InChI=1S/C13H21NO/c1-5-14-7-6-13-10(2)8-12(15-4)9-11(13)3/h8-9,14H,5-7H2,1-4H3. The number of hydrogen-bond donors (Lipinski definition) is 1. The predicted molar refractivity (Wildman–Crippen MR) is 64.7 cm³/mol. The van der Waals surface area contributed by atoms with E-state index >= 15 is 0 Å². The van der Waals surface area contributed by atoms with Crippen molar-refractivity contribution >= 4 is 0 Å². The first-order chi connectivity index (χ1) is 7.19. The average Bonchev–Trinajstić information content (AvgIpc) is 2.22. The van der Waals surface area contributed by atoms with Gasteiger partial charge in [-0.3, -0.25) is 0 Å². The van der Waals surface area contributed by atoms with Gasteiger partial charge in [0.05, 0.1) is 7.11 Å². The van der Waals surface area contributed by atoms with E-state index in [-0.39, 0.29) is 0 Å². The highest BCUT2D eigenvalue weighted by Crippen LogP contribution is 2.21. The van der Waals surface area contributed by atoms with Crippen molar-refractivity contribution in [3.05, 3.63) is 28.8 Å². The molecular weight excluding hydrogens is 186 g/mol. The molecule has 0 spiro atoms. The maximum absolute atomic E-state index is 5.24. The highest BCUT2D eigenvalue weighted by Gasteiger charge is 2.04. The second-order valence-electron chi connectivity index (χ2n) is 3.84. The lowest BCUT2D eigenvalue weighted by Crippen LogP contribution is -2.17. The van der Waals surface area contributed by atoms with Crippen LogP contribution >= 0.6 is 0 Å². The van der Waals surface area contributed by atoms with E-state index in [1.165, 1.54) is 16.7 Å². The monoisotopic (exact) mass is 207 g/mol. The fourth-order valence-corrected chi connectivity index (χ4v) is 1.86. The van der Waals surface area contributed by atoms with Crippen LogP contribution in [0.15, 0.2) is 12.1 Å². The molecular formula is C13H21NO. The minimum absolute atomic E-state index is 0.956. The largest absolute Gasteiger partial charge is 0.497 e. The van der Waals surface area contributed by atoms with Crippen LogP contribution < -0.4 is 10.1 Å². The van der Waals surface area contributed by atoms with Gasteiger partial charge in [-0.2, -0.15) is 0 Å². The summed E-state index contributed by atoms with van der Waals surface area (Å²) in [6.45, 7) is 8.51. The van der Waals surface area contributed by atoms with E-state index in [2.05, 4.69) is 38.2 Å². The minimum atomic E-state index is 0.956. The molecule has 0 aliphatic rings. The zero-order valence-corrected chi connectivity index (χ0v) is 10.2. The molecule has 0 saturated carbocycles. The van der Waals surface area contributed by atoms with E-state index in [1.807, 2.05) is 0 Å². The number of rotatable bonds is 5. The smallest absolute Gasteiger partial charge is 0.119 e. The van der Waals surface area contributed by atoms with Gasteiger partial charge in [0.15, 0.2) is 0 Å². The average molecular weight is 207 g/mol. The lowest BCUT2D eigenvalue weighted by Gasteiger charge is -2.12. The number of methoxy groups -OCH3 is 1. The summed E-state index contributed by atoms with van der Waals surface area (Å²) in [6.07, 6.45) is 1.09. The Morgan fingerprint density at radius 2 is 1.80 bits per heavy atom. The molecule has 0 fully saturated rings. The molecule has 1 rings (SSSR count). The summed E-state index contributed by atoms with van der Waals surface area (Å²) in [6, 6.07) is 4.21. The van der Waals surface area contributed by atoms with Crippen molar-refractivity contribution in [1.82, 2.24) is 5.32 Å². The van der Waals surface area contributed by atoms with E-state index in [4.69, 9.17) is 4.74 Å².